The summed E-state index contributed by atoms with van der Waals surface area (Å²) in [5, 5.41) is 11.9. The Labute approximate surface area is 191 Å². The van der Waals surface area contributed by atoms with Crippen LogP contribution in [0.2, 0.25) is 0 Å². The minimum absolute atomic E-state index is 0.120. The van der Waals surface area contributed by atoms with Crippen molar-refractivity contribution >= 4 is 21.4 Å². The molecule has 0 aromatic heterocycles. The van der Waals surface area contributed by atoms with Gasteiger partial charge in [0.15, 0.2) is 9.84 Å². The van der Waals surface area contributed by atoms with Crippen LogP contribution in [0.15, 0.2) is 59.5 Å². The summed E-state index contributed by atoms with van der Waals surface area (Å²) in [4.78, 5) is 12.1. The number of phenolic OH excluding ortho intramolecular Hbond substituents is 1. The number of sulfone groups is 1. The second kappa shape index (κ2) is 9.21. The Morgan fingerprint density at radius 1 is 0.971 bits per heavy atom. The van der Waals surface area contributed by atoms with Crippen LogP contribution in [0.25, 0.3) is 0 Å². The molecule has 0 aliphatic carbocycles. The summed E-state index contributed by atoms with van der Waals surface area (Å²) in [5.74, 6) is -2.49. The van der Waals surface area contributed by atoms with Gasteiger partial charge in [0.1, 0.15) is 33.7 Å². The maximum Gasteiger partial charge on any atom is 0.573 e. The van der Waals surface area contributed by atoms with Crippen LogP contribution in [-0.2, 0) is 9.84 Å². The maximum atomic E-state index is 14.2. The molecule has 180 valence electrons. The molecular weight excluding hydrogens is 482 g/mol. The minimum atomic E-state index is -4.81. The highest BCUT2D eigenvalue weighted by molar-refractivity contribution is 7.90. The van der Waals surface area contributed by atoms with Crippen LogP contribution in [0, 0.1) is 12.7 Å². The highest BCUT2D eigenvalue weighted by Gasteiger charge is 2.31. The fourth-order valence-electron chi connectivity index (χ4n) is 2.93. The largest absolute Gasteiger partial charge is 0.573 e. The molecule has 34 heavy (non-hydrogen) atoms. The fraction of sp³-hybridized carbons (Fsp3) is 0.136. The zero-order valence-corrected chi connectivity index (χ0v) is 18.4. The van der Waals surface area contributed by atoms with E-state index in [0.29, 0.717) is 11.6 Å². The molecule has 0 unspecified atom stereocenters. The van der Waals surface area contributed by atoms with E-state index < -0.39 is 50.0 Å². The molecule has 0 heterocycles. The molecule has 12 heteroatoms. The van der Waals surface area contributed by atoms with Gasteiger partial charge >= 0.3 is 6.36 Å². The van der Waals surface area contributed by atoms with Gasteiger partial charge < -0.3 is 19.9 Å². The van der Waals surface area contributed by atoms with Crippen molar-refractivity contribution in [3.8, 4) is 23.0 Å². The number of rotatable bonds is 6. The SMILES string of the molecule is Cc1cc(Oc2ccc(OC(F)(F)F)cc2)ccc1C(=O)Nc1cc(S(C)(=O)=O)c(O)cc1F. The lowest BCUT2D eigenvalue weighted by molar-refractivity contribution is -0.274. The molecule has 0 aliphatic heterocycles. The van der Waals surface area contributed by atoms with Crippen molar-refractivity contribution in [1.82, 2.24) is 0 Å². The summed E-state index contributed by atoms with van der Waals surface area (Å²) in [5.41, 5.74) is 0.0910. The molecule has 0 fully saturated rings. The number of phenols is 1. The summed E-state index contributed by atoms with van der Waals surface area (Å²) in [6, 6.07) is 10.4. The van der Waals surface area contributed by atoms with Crippen LogP contribution in [0.5, 0.6) is 23.0 Å². The van der Waals surface area contributed by atoms with Crippen molar-refractivity contribution in [1.29, 1.82) is 0 Å². The zero-order valence-electron chi connectivity index (χ0n) is 17.6. The number of carbonyl (C=O) groups is 1. The van der Waals surface area contributed by atoms with Crippen molar-refractivity contribution < 1.29 is 45.4 Å². The van der Waals surface area contributed by atoms with E-state index in [0.717, 1.165) is 24.5 Å². The molecule has 0 saturated carbocycles. The molecule has 1 amide bonds. The Hall–Kier alpha value is -3.80. The predicted octanol–water partition coefficient (Wildman–Crippen LogP) is 5.19. The third-order valence-corrected chi connectivity index (χ3v) is 5.56. The van der Waals surface area contributed by atoms with Crippen molar-refractivity contribution in [2.24, 2.45) is 0 Å². The first-order valence-corrected chi connectivity index (χ1v) is 11.3. The smallest absolute Gasteiger partial charge is 0.506 e. The molecule has 0 aliphatic rings. The Morgan fingerprint density at radius 3 is 2.12 bits per heavy atom. The maximum absolute atomic E-state index is 14.2. The fourth-order valence-corrected chi connectivity index (χ4v) is 3.70. The first-order valence-electron chi connectivity index (χ1n) is 9.41. The number of amides is 1. The van der Waals surface area contributed by atoms with Crippen LogP contribution in [0.1, 0.15) is 15.9 Å². The van der Waals surface area contributed by atoms with Crippen molar-refractivity contribution in [2.45, 2.75) is 18.2 Å². The quantitative estimate of drug-likeness (QED) is 0.275. The minimum Gasteiger partial charge on any atom is -0.506 e. The van der Waals surface area contributed by atoms with E-state index in [4.69, 9.17) is 4.74 Å². The third kappa shape index (κ3) is 6.16. The molecular formula is C22H17F4NO6S. The number of carbonyl (C=O) groups excluding carboxylic acids is 1. The summed E-state index contributed by atoms with van der Waals surface area (Å²) in [6.07, 6.45) is -3.99. The molecule has 2 N–H and O–H groups in total. The average molecular weight is 499 g/mol. The number of halogens is 4. The summed E-state index contributed by atoms with van der Waals surface area (Å²) >= 11 is 0. The second-order valence-electron chi connectivity index (χ2n) is 7.12. The summed E-state index contributed by atoms with van der Waals surface area (Å²) in [6.45, 7) is 1.57. The van der Waals surface area contributed by atoms with Crippen LogP contribution in [0.3, 0.4) is 0 Å². The highest BCUT2D eigenvalue weighted by atomic mass is 32.2. The van der Waals surface area contributed by atoms with E-state index in [-0.39, 0.29) is 17.1 Å². The van der Waals surface area contributed by atoms with Gasteiger partial charge in [-0.15, -0.1) is 13.2 Å². The molecule has 7 nitrogen and oxygen atoms in total. The van der Waals surface area contributed by atoms with E-state index in [9.17, 15) is 35.9 Å². The Bertz CT molecular complexity index is 1340. The average Bonchev–Trinajstić information content (AvgIpc) is 2.69. The topological polar surface area (TPSA) is 102 Å². The van der Waals surface area contributed by atoms with Gasteiger partial charge in [0.05, 0.1) is 5.69 Å². The monoisotopic (exact) mass is 499 g/mol. The molecule has 3 aromatic rings. The van der Waals surface area contributed by atoms with Gasteiger partial charge in [-0.1, -0.05) is 0 Å². The number of aryl methyl sites for hydroxylation is 1. The van der Waals surface area contributed by atoms with Crippen LogP contribution in [0.4, 0.5) is 23.2 Å². The van der Waals surface area contributed by atoms with Gasteiger partial charge in [-0.3, -0.25) is 4.79 Å². The van der Waals surface area contributed by atoms with E-state index in [2.05, 4.69) is 10.1 Å². The van der Waals surface area contributed by atoms with Crippen LogP contribution in [-0.4, -0.2) is 32.0 Å². The van der Waals surface area contributed by atoms with Gasteiger partial charge in [0.2, 0.25) is 0 Å². The Kier molecular flexibility index (Phi) is 6.73. The van der Waals surface area contributed by atoms with E-state index >= 15 is 0 Å². The third-order valence-electron chi connectivity index (χ3n) is 4.43. The van der Waals surface area contributed by atoms with Crippen molar-refractivity contribution in [3.05, 3.63) is 71.5 Å². The van der Waals surface area contributed by atoms with Crippen LogP contribution >= 0.6 is 0 Å². The van der Waals surface area contributed by atoms with Crippen molar-refractivity contribution in [3.63, 3.8) is 0 Å². The molecule has 3 aromatic carbocycles. The van der Waals surface area contributed by atoms with Gasteiger partial charge in [0.25, 0.3) is 5.91 Å². The zero-order chi connectivity index (χ0) is 25.3. The number of ether oxygens (including phenoxy) is 2. The molecule has 0 atom stereocenters. The number of anilines is 1. The lowest BCUT2D eigenvalue weighted by atomic mass is 10.1. The second-order valence-corrected chi connectivity index (χ2v) is 9.11. The normalized spacial score (nSPS) is 11.7. The molecule has 0 radical (unpaired) electrons. The van der Waals surface area contributed by atoms with Gasteiger partial charge in [-0.25, -0.2) is 12.8 Å². The number of hydrogen-bond donors (Lipinski definition) is 2. The van der Waals surface area contributed by atoms with Crippen molar-refractivity contribution in [2.75, 3.05) is 11.6 Å². The summed E-state index contributed by atoms with van der Waals surface area (Å²) in [7, 11) is -3.88. The lowest BCUT2D eigenvalue weighted by Gasteiger charge is -2.13. The van der Waals surface area contributed by atoms with Gasteiger partial charge in [0, 0.05) is 17.9 Å². The first-order chi connectivity index (χ1) is 15.7. The number of hydrogen-bond acceptors (Lipinski definition) is 6. The number of alkyl halides is 3. The van der Waals surface area contributed by atoms with E-state index in [1.165, 1.54) is 30.3 Å². The Balaban J connectivity index is 1.76. The van der Waals surface area contributed by atoms with E-state index in [1.54, 1.807) is 6.92 Å². The Morgan fingerprint density at radius 2 is 1.56 bits per heavy atom. The van der Waals surface area contributed by atoms with Gasteiger partial charge in [-0.2, -0.15) is 0 Å². The molecule has 0 bridgehead atoms. The molecule has 0 saturated heterocycles. The number of aromatic hydroxyl groups is 1. The number of benzene rings is 3. The number of nitrogens with one attached hydrogen (secondary N) is 1. The molecule has 0 spiro atoms. The van der Waals surface area contributed by atoms with Crippen LogP contribution < -0.4 is 14.8 Å². The standard InChI is InChI=1S/C22H17F4NO6S/c1-12-9-15(32-13-3-5-14(6-4-13)33-22(24,25)26)7-8-16(12)21(29)27-18-11-20(34(2,30)31)19(28)10-17(18)23/h3-11,28H,1-2H3,(H,27,29). The lowest BCUT2D eigenvalue weighted by Crippen LogP contribution is -2.16. The first kappa shape index (κ1) is 24.8. The predicted molar refractivity (Wildman–Crippen MR) is 114 cm³/mol. The highest BCUT2D eigenvalue weighted by Crippen LogP contribution is 2.31. The van der Waals surface area contributed by atoms with Gasteiger partial charge in [-0.05, 0) is 61.0 Å². The molecule has 3 rings (SSSR count). The summed E-state index contributed by atoms with van der Waals surface area (Å²) < 4.78 is 83.7. The van der Waals surface area contributed by atoms with E-state index in [1.807, 2.05) is 0 Å².